The first-order chi connectivity index (χ1) is 16.8. The summed E-state index contributed by atoms with van der Waals surface area (Å²) in [5, 5.41) is 3.37. The highest BCUT2D eigenvalue weighted by atomic mass is 32.2. The fourth-order valence-corrected chi connectivity index (χ4v) is 5.37. The van der Waals surface area contributed by atoms with Crippen LogP contribution in [-0.4, -0.2) is 39.7 Å². The van der Waals surface area contributed by atoms with Crippen molar-refractivity contribution in [2.24, 2.45) is 0 Å². The third kappa shape index (κ3) is 5.14. The predicted molar refractivity (Wildman–Crippen MR) is 130 cm³/mol. The molecule has 1 amide bonds. The fourth-order valence-electron chi connectivity index (χ4n) is 3.89. The number of carbonyl (C=O) groups excluding carboxylic acids is 1. The highest BCUT2D eigenvalue weighted by molar-refractivity contribution is 7.91. The smallest absolute Gasteiger partial charge is 0.239 e. The number of aromatic nitrogens is 1. The molecule has 0 aliphatic heterocycles. The van der Waals surface area contributed by atoms with Crippen LogP contribution in [0, 0.1) is 5.82 Å². The molecule has 35 heavy (non-hydrogen) atoms. The van der Waals surface area contributed by atoms with Gasteiger partial charge in [0.05, 0.1) is 24.0 Å². The second kappa shape index (κ2) is 10.2. The average molecular weight is 497 g/mol. The number of carbonyl (C=O) groups is 1. The van der Waals surface area contributed by atoms with Crippen molar-refractivity contribution in [2.45, 2.75) is 22.8 Å². The van der Waals surface area contributed by atoms with Crippen LogP contribution in [0.1, 0.15) is 5.56 Å². The van der Waals surface area contributed by atoms with E-state index in [1.54, 1.807) is 43.1 Å². The number of rotatable bonds is 9. The number of fused-ring (bicyclic) bond motifs is 1. The lowest BCUT2D eigenvalue weighted by molar-refractivity contribution is -0.121. The zero-order valence-corrected chi connectivity index (χ0v) is 20.1. The molecule has 7 nitrogen and oxygen atoms in total. The maximum Gasteiger partial charge on any atom is 0.239 e. The molecule has 0 aliphatic carbocycles. The molecule has 9 heteroatoms. The normalized spacial score (nSPS) is 11.4. The number of ether oxygens (including phenoxy) is 2. The molecular weight excluding hydrogens is 471 g/mol. The van der Waals surface area contributed by atoms with Crippen molar-refractivity contribution in [1.82, 2.24) is 9.88 Å². The van der Waals surface area contributed by atoms with Crippen LogP contribution >= 0.6 is 0 Å². The van der Waals surface area contributed by atoms with Gasteiger partial charge in [-0.05, 0) is 54.4 Å². The number of para-hydroxylation sites is 1. The quantitative estimate of drug-likeness (QED) is 0.354. The van der Waals surface area contributed by atoms with E-state index in [0.29, 0.717) is 35.4 Å². The van der Waals surface area contributed by atoms with E-state index in [9.17, 15) is 17.6 Å². The number of hydrogen-bond donors (Lipinski definition) is 1. The molecule has 1 N–H and O–H groups in total. The summed E-state index contributed by atoms with van der Waals surface area (Å²) in [6.07, 6.45) is 2.04. The highest BCUT2D eigenvalue weighted by Crippen LogP contribution is 2.30. The molecule has 182 valence electrons. The molecule has 0 saturated heterocycles. The third-order valence-electron chi connectivity index (χ3n) is 5.66. The van der Waals surface area contributed by atoms with Crippen molar-refractivity contribution in [1.29, 1.82) is 0 Å². The van der Waals surface area contributed by atoms with Crippen molar-refractivity contribution in [3.63, 3.8) is 0 Å². The number of amides is 1. The van der Waals surface area contributed by atoms with Gasteiger partial charge in [0.1, 0.15) is 12.4 Å². The molecule has 3 aromatic carbocycles. The first kappa shape index (κ1) is 24.3. The summed E-state index contributed by atoms with van der Waals surface area (Å²) in [7, 11) is -0.771. The minimum Gasteiger partial charge on any atom is -0.493 e. The predicted octanol–water partition coefficient (Wildman–Crippen LogP) is 3.99. The summed E-state index contributed by atoms with van der Waals surface area (Å²) in [5.41, 5.74) is 1.59. The standard InChI is InChI=1S/C26H25FN2O5S/c1-33-23-12-7-18(15-24(23)34-2)13-14-28-26(30)17-29-16-25(21-5-3-4-6-22(21)29)35(31,32)20-10-8-19(27)9-11-20/h3-12,15-16H,13-14,17H2,1-2H3,(H,28,30). The van der Waals surface area contributed by atoms with E-state index in [4.69, 9.17) is 9.47 Å². The molecule has 0 saturated carbocycles. The van der Waals surface area contributed by atoms with Crippen LogP contribution in [0.5, 0.6) is 11.5 Å². The summed E-state index contributed by atoms with van der Waals surface area (Å²) < 4.78 is 51.9. The SMILES string of the molecule is COc1ccc(CCNC(=O)Cn2cc(S(=O)(=O)c3ccc(F)cc3)c3ccccc32)cc1OC. The minimum absolute atomic E-state index is 0.0128. The lowest BCUT2D eigenvalue weighted by atomic mass is 10.1. The largest absolute Gasteiger partial charge is 0.493 e. The van der Waals surface area contributed by atoms with E-state index in [2.05, 4.69) is 5.32 Å². The molecule has 0 atom stereocenters. The van der Waals surface area contributed by atoms with E-state index in [1.807, 2.05) is 18.2 Å². The molecule has 0 aliphatic rings. The van der Waals surface area contributed by atoms with E-state index in [-0.39, 0.29) is 22.2 Å². The Balaban J connectivity index is 1.50. The highest BCUT2D eigenvalue weighted by Gasteiger charge is 2.24. The Morgan fingerprint density at radius 3 is 2.40 bits per heavy atom. The van der Waals surface area contributed by atoms with Crippen molar-refractivity contribution in [3.8, 4) is 11.5 Å². The summed E-state index contributed by atoms with van der Waals surface area (Å²) >= 11 is 0. The molecule has 0 fully saturated rings. The number of nitrogens with one attached hydrogen (secondary N) is 1. The Labute approximate surface area is 203 Å². The number of halogens is 1. The molecule has 0 bridgehead atoms. The van der Waals surface area contributed by atoms with Crippen LogP contribution in [0.25, 0.3) is 10.9 Å². The van der Waals surface area contributed by atoms with Crippen molar-refractivity contribution in [2.75, 3.05) is 20.8 Å². The summed E-state index contributed by atoms with van der Waals surface area (Å²) in [6.45, 7) is 0.347. The van der Waals surface area contributed by atoms with Gasteiger partial charge in [-0.3, -0.25) is 4.79 Å². The second-order valence-corrected chi connectivity index (χ2v) is 9.80. The van der Waals surface area contributed by atoms with Crippen LogP contribution < -0.4 is 14.8 Å². The molecular formula is C26H25FN2O5S. The zero-order valence-electron chi connectivity index (χ0n) is 19.3. The van der Waals surface area contributed by atoms with Gasteiger partial charge < -0.3 is 19.4 Å². The average Bonchev–Trinajstić information content (AvgIpc) is 3.23. The van der Waals surface area contributed by atoms with E-state index in [1.165, 1.54) is 18.3 Å². The molecule has 1 heterocycles. The topological polar surface area (TPSA) is 86.6 Å². The Morgan fingerprint density at radius 1 is 0.971 bits per heavy atom. The summed E-state index contributed by atoms with van der Waals surface area (Å²) in [6, 6.07) is 17.2. The summed E-state index contributed by atoms with van der Waals surface area (Å²) in [4.78, 5) is 12.7. The summed E-state index contributed by atoms with van der Waals surface area (Å²) in [5.74, 6) is 0.476. The maximum absolute atomic E-state index is 13.3. The Bertz CT molecular complexity index is 1460. The van der Waals surface area contributed by atoms with Gasteiger partial charge in [0.25, 0.3) is 0 Å². The molecule has 4 aromatic rings. The van der Waals surface area contributed by atoms with E-state index < -0.39 is 15.7 Å². The van der Waals surface area contributed by atoms with Crippen molar-refractivity contribution >= 4 is 26.6 Å². The number of benzene rings is 3. The van der Waals surface area contributed by atoms with Gasteiger partial charge in [-0.1, -0.05) is 24.3 Å². The van der Waals surface area contributed by atoms with Crippen LogP contribution in [-0.2, 0) is 27.6 Å². The van der Waals surface area contributed by atoms with E-state index in [0.717, 1.165) is 17.7 Å². The fraction of sp³-hybridized carbons (Fsp3) is 0.192. The number of sulfone groups is 1. The van der Waals surface area contributed by atoms with Crippen molar-refractivity contribution in [3.05, 3.63) is 84.3 Å². The van der Waals surface area contributed by atoms with Gasteiger partial charge >= 0.3 is 0 Å². The van der Waals surface area contributed by atoms with Gasteiger partial charge in [-0.2, -0.15) is 0 Å². The van der Waals surface area contributed by atoms with Crippen LogP contribution in [0.15, 0.2) is 82.7 Å². The zero-order chi connectivity index (χ0) is 25.0. The Morgan fingerprint density at radius 2 is 1.69 bits per heavy atom. The van der Waals surface area contributed by atoms with Crippen LogP contribution in [0.2, 0.25) is 0 Å². The van der Waals surface area contributed by atoms with Gasteiger partial charge in [0.15, 0.2) is 11.5 Å². The minimum atomic E-state index is -3.90. The van der Waals surface area contributed by atoms with Crippen LogP contribution in [0.4, 0.5) is 4.39 Å². The molecule has 1 aromatic heterocycles. The molecule has 0 spiro atoms. The second-order valence-electron chi connectivity index (χ2n) is 7.89. The van der Waals surface area contributed by atoms with E-state index >= 15 is 0 Å². The van der Waals surface area contributed by atoms with Gasteiger partial charge in [0.2, 0.25) is 15.7 Å². The lowest BCUT2D eigenvalue weighted by Crippen LogP contribution is -2.29. The van der Waals surface area contributed by atoms with Crippen LogP contribution in [0.3, 0.4) is 0 Å². The first-order valence-corrected chi connectivity index (χ1v) is 12.4. The number of hydrogen-bond acceptors (Lipinski definition) is 5. The third-order valence-corrected chi connectivity index (χ3v) is 7.46. The molecule has 4 rings (SSSR count). The lowest BCUT2D eigenvalue weighted by Gasteiger charge is -2.10. The van der Waals surface area contributed by atoms with Gasteiger partial charge in [-0.15, -0.1) is 0 Å². The maximum atomic E-state index is 13.3. The number of methoxy groups -OCH3 is 2. The molecule has 0 radical (unpaired) electrons. The Hall–Kier alpha value is -3.85. The van der Waals surface area contributed by atoms with Gasteiger partial charge in [0, 0.05) is 23.6 Å². The van der Waals surface area contributed by atoms with Gasteiger partial charge in [-0.25, -0.2) is 12.8 Å². The molecule has 0 unspecified atom stereocenters. The Kier molecular flexibility index (Phi) is 7.07. The monoisotopic (exact) mass is 496 g/mol. The van der Waals surface area contributed by atoms with Crippen molar-refractivity contribution < 1.29 is 27.1 Å². The first-order valence-electron chi connectivity index (χ1n) is 10.9. The number of nitrogens with zero attached hydrogens (tertiary/aromatic N) is 1.